The smallest absolute Gasteiger partial charge is 0.210 e. The number of para-hydroxylation sites is 2. The molecule has 2 aliphatic heterocycles. The number of allylic oxidation sites excluding steroid dienone is 4. The summed E-state index contributed by atoms with van der Waals surface area (Å²) >= 11 is 0. The number of hydrogen-bond acceptors (Lipinski definition) is 0. The lowest BCUT2D eigenvalue weighted by atomic mass is 9.62. The van der Waals surface area contributed by atoms with E-state index in [0.29, 0.717) is 11.8 Å². The van der Waals surface area contributed by atoms with E-state index in [4.69, 9.17) is 4.67 Å². The Morgan fingerprint density at radius 1 is 1.07 bits per heavy atom. The molecule has 2 aromatic rings. The first-order valence-corrected chi connectivity index (χ1v) is 10.1. The Bertz CT molecular complexity index is 1220. The molecule has 0 bridgehead atoms. The maximum Gasteiger partial charge on any atom is 0.334 e. The van der Waals surface area contributed by atoms with Crippen molar-refractivity contribution in [1.29, 1.82) is 0 Å². The maximum atomic E-state index is 4.70. The molecule has 0 saturated heterocycles. The number of nitrogens with zero attached hydrogens (tertiary/aromatic N) is 1. The summed E-state index contributed by atoms with van der Waals surface area (Å²) in [5.74, 6) is 0.743. The largest absolute Gasteiger partial charge is 0.334 e. The van der Waals surface area contributed by atoms with Gasteiger partial charge in [0, 0.05) is 23.6 Å². The van der Waals surface area contributed by atoms with Crippen LogP contribution in [-0.4, -0.2) is 12.4 Å². The molecule has 28 heavy (non-hydrogen) atoms. The van der Waals surface area contributed by atoms with Gasteiger partial charge in [-0.25, -0.2) is 4.99 Å². The van der Waals surface area contributed by atoms with E-state index in [0.717, 1.165) is 11.8 Å². The van der Waals surface area contributed by atoms with Gasteiger partial charge in [0.15, 0.2) is 6.21 Å². The summed E-state index contributed by atoms with van der Waals surface area (Å²) in [5.41, 5.74) is 6.81. The fourth-order valence-electron chi connectivity index (χ4n) is 5.13. The van der Waals surface area contributed by atoms with Gasteiger partial charge in [0.2, 0.25) is 5.69 Å². The third-order valence-corrected chi connectivity index (χ3v) is 6.39. The summed E-state index contributed by atoms with van der Waals surface area (Å²) in [7, 11) is 0. The van der Waals surface area contributed by atoms with Gasteiger partial charge in [0.25, 0.3) is 6.21 Å². The lowest BCUT2D eigenvalue weighted by Gasteiger charge is -2.41. The first-order chi connectivity index (χ1) is 13.5. The van der Waals surface area contributed by atoms with Crippen molar-refractivity contribution in [3.8, 4) is 0 Å². The third-order valence-electron chi connectivity index (χ3n) is 6.39. The minimum Gasteiger partial charge on any atom is -0.210 e. The summed E-state index contributed by atoms with van der Waals surface area (Å²) in [6.07, 6.45) is 10.3. The van der Waals surface area contributed by atoms with Gasteiger partial charge >= 0.3 is 5.36 Å². The zero-order valence-electron chi connectivity index (χ0n) is 16.7. The molecule has 0 radical (unpaired) electrons. The predicted molar refractivity (Wildman–Crippen MR) is 117 cm³/mol. The van der Waals surface area contributed by atoms with Crippen molar-refractivity contribution in [1.82, 2.24) is 4.67 Å². The highest BCUT2D eigenvalue weighted by molar-refractivity contribution is 6.11. The van der Waals surface area contributed by atoms with E-state index in [1.54, 1.807) is 0 Å². The molecule has 0 fully saturated rings. The minimum absolute atomic E-state index is 0.181. The van der Waals surface area contributed by atoms with Crippen molar-refractivity contribution >= 4 is 29.3 Å². The summed E-state index contributed by atoms with van der Waals surface area (Å²) in [6, 6.07) is 17.1. The zero-order chi connectivity index (χ0) is 19.3. The summed E-state index contributed by atoms with van der Waals surface area (Å²) in [6.45, 7) is 7.09. The Labute approximate surface area is 166 Å². The van der Waals surface area contributed by atoms with Gasteiger partial charge in [0.05, 0.1) is 16.4 Å². The van der Waals surface area contributed by atoms with Gasteiger partial charge < -0.3 is 0 Å². The molecular weight excluding hydrogens is 340 g/mol. The molecular formula is C26H26N2+2. The highest BCUT2D eigenvalue weighted by Crippen LogP contribution is 2.47. The van der Waals surface area contributed by atoms with E-state index in [-0.39, 0.29) is 5.41 Å². The Morgan fingerprint density at radius 3 is 2.75 bits per heavy atom. The molecule has 2 atom stereocenters. The van der Waals surface area contributed by atoms with Crippen molar-refractivity contribution < 1.29 is 4.99 Å². The van der Waals surface area contributed by atoms with Gasteiger partial charge in [-0.3, -0.25) is 0 Å². The molecule has 2 heterocycles. The summed E-state index contributed by atoms with van der Waals surface area (Å²) < 4.78 is 4.70. The second kappa shape index (κ2) is 6.29. The molecule has 0 unspecified atom stereocenters. The monoisotopic (exact) mass is 366 g/mol. The quantitative estimate of drug-likeness (QED) is 0.623. The maximum absolute atomic E-state index is 4.70. The lowest BCUT2D eigenvalue weighted by molar-refractivity contribution is -0.342. The van der Waals surface area contributed by atoms with E-state index in [9.17, 15) is 0 Å². The molecule has 2 aromatic carbocycles. The lowest BCUT2D eigenvalue weighted by Crippen LogP contribution is -2.58. The molecule has 2 heteroatoms. The van der Waals surface area contributed by atoms with E-state index >= 15 is 0 Å². The molecule has 0 amide bonds. The normalized spacial score (nSPS) is 25.5. The molecule has 138 valence electrons. The average Bonchev–Trinajstić information content (AvgIpc) is 3.28. The van der Waals surface area contributed by atoms with Crippen LogP contribution in [-0.2, 0) is 0 Å². The topological polar surface area (TPSA) is 28.1 Å². The van der Waals surface area contributed by atoms with Crippen molar-refractivity contribution in [3.05, 3.63) is 82.4 Å². The van der Waals surface area contributed by atoms with Crippen molar-refractivity contribution in [2.75, 3.05) is 0 Å². The first-order valence-electron chi connectivity index (χ1n) is 10.1. The van der Waals surface area contributed by atoms with Crippen LogP contribution in [0, 0.1) is 17.3 Å². The van der Waals surface area contributed by atoms with Crippen LogP contribution in [0.15, 0.2) is 66.3 Å². The Kier molecular flexibility index (Phi) is 3.86. The van der Waals surface area contributed by atoms with Crippen LogP contribution in [0.3, 0.4) is 0 Å². The molecule has 5 rings (SSSR count). The minimum atomic E-state index is 0.181. The van der Waals surface area contributed by atoms with Crippen LogP contribution < -0.4 is 20.2 Å². The van der Waals surface area contributed by atoms with Crippen LogP contribution >= 0.6 is 0 Å². The fourth-order valence-corrected chi connectivity index (χ4v) is 5.13. The highest BCUT2D eigenvalue weighted by Gasteiger charge is 2.41. The van der Waals surface area contributed by atoms with Crippen LogP contribution in [0.2, 0.25) is 0 Å². The van der Waals surface area contributed by atoms with E-state index < -0.39 is 0 Å². The van der Waals surface area contributed by atoms with E-state index in [2.05, 4.69) is 98.9 Å². The second-order valence-electron chi connectivity index (χ2n) is 8.92. The fraction of sp³-hybridized carbons (Fsp3) is 0.269. The number of nitrogens with one attached hydrogen (secondary N) is 1. The van der Waals surface area contributed by atoms with Crippen LogP contribution in [0.4, 0.5) is 5.69 Å². The second-order valence-corrected chi connectivity index (χ2v) is 8.92. The van der Waals surface area contributed by atoms with Gasteiger partial charge in [-0.2, -0.15) is 0 Å². The molecule has 1 aliphatic carbocycles. The molecule has 0 saturated carbocycles. The van der Waals surface area contributed by atoms with Crippen LogP contribution in [0.5, 0.6) is 0 Å². The number of hydrogen-bond donors (Lipinski definition) is 1. The van der Waals surface area contributed by atoms with Crippen molar-refractivity contribution in [2.24, 2.45) is 17.3 Å². The van der Waals surface area contributed by atoms with Gasteiger partial charge in [-0.1, -0.05) is 60.5 Å². The molecule has 0 aromatic heterocycles. The summed E-state index contributed by atoms with van der Waals surface area (Å²) in [5, 5.41) is 2.38. The van der Waals surface area contributed by atoms with E-state index in [1.165, 1.54) is 33.2 Å². The molecule has 0 spiro atoms. The van der Waals surface area contributed by atoms with Gasteiger partial charge in [-0.15, -0.1) is 0 Å². The first kappa shape index (κ1) is 17.2. The molecule has 1 N–H and O–H groups in total. The Morgan fingerprint density at radius 2 is 1.86 bits per heavy atom. The van der Waals surface area contributed by atoms with Crippen molar-refractivity contribution in [3.63, 3.8) is 0 Å². The van der Waals surface area contributed by atoms with Gasteiger partial charge in [0.1, 0.15) is 0 Å². The standard InChI is InChI=1S/C26H25N2/c1-17-12-21(22-16-28-25-11-7-5-9-20(22)25)23(26(2,3)14-17)13-18-15-27-24-10-6-4-8-19(18)24/h4-13,15-16,21,23H,14H2,1-3H3/q+1/p+1/b18-13-/t21-,23-/m0/s1. The SMILES string of the molecule is CC1=C[C@@H](C2=c3ccccc3=[N+]=C2)[C@H](/C=C2/C=[NH+]c3ccccc32)C(C)(C)C1. The Hall–Kier alpha value is -2.96. The third kappa shape index (κ3) is 2.73. The Balaban J connectivity index is 1.67. The molecule has 3 aliphatic rings. The summed E-state index contributed by atoms with van der Waals surface area (Å²) in [4.78, 5) is 3.43. The number of fused-ring (bicyclic) bond motifs is 2. The molecule has 2 nitrogen and oxygen atoms in total. The zero-order valence-corrected chi connectivity index (χ0v) is 16.7. The predicted octanol–water partition coefficient (Wildman–Crippen LogP) is 2.10. The van der Waals surface area contributed by atoms with Gasteiger partial charge in [-0.05, 0) is 36.8 Å². The van der Waals surface area contributed by atoms with Crippen LogP contribution in [0.1, 0.15) is 32.8 Å². The number of benzene rings is 2. The van der Waals surface area contributed by atoms with Crippen molar-refractivity contribution in [2.45, 2.75) is 27.2 Å². The number of rotatable bonds is 2. The highest BCUT2D eigenvalue weighted by atomic mass is 14.8. The van der Waals surface area contributed by atoms with E-state index in [1.807, 2.05) is 0 Å². The average molecular weight is 367 g/mol. The van der Waals surface area contributed by atoms with Crippen LogP contribution in [0.25, 0.3) is 11.1 Å².